The lowest BCUT2D eigenvalue weighted by atomic mass is 9.69. The lowest BCUT2D eigenvalue weighted by molar-refractivity contribution is -0.150. The summed E-state index contributed by atoms with van der Waals surface area (Å²) in [6.07, 6.45) is 0. The molecule has 0 unspecified atom stereocenters. The SMILES string of the molecule is CC(C)NC(=O)C1(C(C)C)CN(C(C)C)C1. The van der Waals surface area contributed by atoms with Crippen LogP contribution in [0.5, 0.6) is 0 Å². The zero-order valence-electron chi connectivity index (χ0n) is 11.5. The molecule has 0 bridgehead atoms. The van der Waals surface area contributed by atoms with E-state index >= 15 is 0 Å². The Balaban J connectivity index is 2.67. The molecule has 3 nitrogen and oxygen atoms in total. The molecular formula is C13H26N2O. The number of hydrogen-bond donors (Lipinski definition) is 1. The van der Waals surface area contributed by atoms with E-state index in [9.17, 15) is 4.79 Å². The summed E-state index contributed by atoms with van der Waals surface area (Å²) in [6, 6.07) is 0.773. The minimum absolute atomic E-state index is 0.158. The van der Waals surface area contributed by atoms with Gasteiger partial charge in [0.15, 0.2) is 0 Å². The number of nitrogens with zero attached hydrogens (tertiary/aromatic N) is 1. The van der Waals surface area contributed by atoms with Crippen LogP contribution in [-0.2, 0) is 4.79 Å². The normalized spacial score (nSPS) is 20.3. The van der Waals surface area contributed by atoms with Crippen LogP contribution in [0.2, 0.25) is 0 Å². The number of carbonyl (C=O) groups is 1. The summed E-state index contributed by atoms with van der Waals surface area (Å²) >= 11 is 0. The van der Waals surface area contributed by atoms with E-state index in [0.29, 0.717) is 12.0 Å². The largest absolute Gasteiger partial charge is 0.353 e. The van der Waals surface area contributed by atoms with Crippen molar-refractivity contribution in [2.75, 3.05) is 13.1 Å². The highest BCUT2D eigenvalue weighted by atomic mass is 16.2. The minimum atomic E-state index is -0.158. The van der Waals surface area contributed by atoms with E-state index in [-0.39, 0.29) is 17.4 Å². The van der Waals surface area contributed by atoms with Gasteiger partial charge in [-0.05, 0) is 33.6 Å². The molecule has 1 saturated heterocycles. The molecule has 1 N–H and O–H groups in total. The van der Waals surface area contributed by atoms with Crippen LogP contribution in [0, 0.1) is 11.3 Å². The van der Waals surface area contributed by atoms with Crippen molar-refractivity contribution in [1.82, 2.24) is 10.2 Å². The second-order valence-corrected chi connectivity index (χ2v) is 5.94. The van der Waals surface area contributed by atoms with Crippen LogP contribution in [0.3, 0.4) is 0 Å². The summed E-state index contributed by atoms with van der Waals surface area (Å²) in [6.45, 7) is 14.5. The fraction of sp³-hybridized carbons (Fsp3) is 0.923. The van der Waals surface area contributed by atoms with E-state index in [1.165, 1.54) is 0 Å². The maximum atomic E-state index is 12.2. The molecule has 1 fully saturated rings. The number of rotatable bonds is 4. The first-order chi connectivity index (χ1) is 7.29. The van der Waals surface area contributed by atoms with Crippen LogP contribution < -0.4 is 5.32 Å². The highest BCUT2D eigenvalue weighted by Crippen LogP contribution is 2.39. The zero-order valence-corrected chi connectivity index (χ0v) is 11.5. The van der Waals surface area contributed by atoms with Crippen molar-refractivity contribution in [3.63, 3.8) is 0 Å². The molecule has 1 aliphatic rings. The topological polar surface area (TPSA) is 32.3 Å². The van der Waals surface area contributed by atoms with E-state index in [0.717, 1.165) is 13.1 Å². The molecule has 0 aromatic heterocycles. The Morgan fingerprint density at radius 3 is 1.94 bits per heavy atom. The van der Waals surface area contributed by atoms with Crippen molar-refractivity contribution in [2.45, 2.75) is 53.6 Å². The first-order valence-corrected chi connectivity index (χ1v) is 6.34. The van der Waals surface area contributed by atoms with Crippen LogP contribution >= 0.6 is 0 Å². The lowest BCUT2D eigenvalue weighted by Crippen LogP contribution is -2.67. The molecule has 0 spiro atoms. The van der Waals surface area contributed by atoms with E-state index in [4.69, 9.17) is 0 Å². The highest BCUT2D eigenvalue weighted by Gasteiger charge is 2.51. The number of nitrogens with one attached hydrogen (secondary N) is 1. The first-order valence-electron chi connectivity index (χ1n) is 6.34. The number of likely N-dealkylation sites (tertiary alicyclic amines) is 1. The smallest absolute Gasteiger partial charge is 0.229 e. The van der Waals surface area contributed by atoms with Crippen molar-refractivity contribution in [2.24, 2.45) is 11.3 Å². The van der Waals surface area contributed by atoms with Crippen LogP contribution in [0.1, 0.15) is 41.5 Å². The Bertz CT molecular complexity index is 253. The summed E-state index contributed by atoms with van der Waals surface area (Å²) in [7, 11) is 0. The quantitative estimate of drug-likeness (QED) is 0.794. The predicted octanol–water partition coefficient (Wildman–Crippen LogP) is 1.88. The summed E-state index contributed by atoms with van der Waals surface area (Å²) < 4.78 is 0. The molecule has 3 heteroatoms. The first kappa shape index (κ1) is 13.5. The van der Waals surface area contributed by atoms with Crippen LogP contribution in [-0.4, -0.2) is 36.0 Å². The maximum absolute atomic E-state index is 12.2. The summed E-state index contributed by atoms with van der Waals surface area (Å²) in [5.74, 6) is 0.635. The van der Waals surface area contributed by atoms with E-state index < -0.39 is 0 Å². The molecule has 0 aromatic carbocycles. The van der Waals surface area contributed by atoms with Gasteiger partial charge in [-0.1, -0.05) is 13.8 Å². The number of amides is 1. The number of carbonyl (C=O) groups excluding carboxylic acids is 1. The van der Waals surface area contributed by atoms with Gasteiger partial charge in [-0.25, -0.2) is 0 Å². The predicted molar refractivity (Wildman–Crippen MR) is 67.3 cm³/mol. The molecule has 0 aromatic rings. The fourth-order valence-electron chi connectivity index (χ4n) is 2.22. The van der Waals surface area contributed by atoms with Gasteiger partial charge in [0.1, 0.15) is 0 Å². The average Bonchev–Trinajstić information content (AvgIpc) is 1.97. The van der Waals surface area contributed by atoms with E-state index in [1.54, 1.807) is 0 Å². The van der Waals surface area contributed by atoms with Crippen molar-refractivity contribution < 1.29 is 4.79 Å². The molecule has 1 heterocycles. The standard InChI is InChI=1S/C13H26N2O/c1-9(2)13(12(16)14-10(3)4)7-15(8-13)11(5)6/h9-11H,7-8H2,1-6H3,(H,14,16). The highest BCUT2D eigenvalue weighted by molar-refractivity contribution is 5.84. The Morgan fingerprint density at radius 2 is 1.62 bits per heavy atom. The number of hydrogen-bond acceptors (Lipinski definition) is 2. The monoisotopic (exact) mass is 226 g/mol. The Labute approximate surface area is 99.6 Å². The van der Waals surface area contributed by atoms with Crippen molar-refractivity contribution >= 4 is 5.91 Å². The van der Waals surface area contributed by atoms with Gasteiger partial charge in [-0.15, -0.1) is 0 Å². The fourth-order valence-corrected chi connectivity index (χ4v) is 2.22. The van der Waals surface area contributed by atoms with Gasteiger partial charge in [-0.3, -0.25) is 9.69 Å². The molecule has 16 heavy (non-hydrogen) atoms. The summed E-state index contributed by atoms with van der Waals surface area (Å²) in [5.41, 5.74) is -0.158. The molecule has 94 valence electrons. The molecule has 0 aliphatic carbocycles. The molecular weight excluding hydrogens is 200 g/mol. The van der Waals surface area contributed by atoms with Crippen LogP contribution in [0.25, 0.3) is 0 Å². The van der Waals surface area contributed by atoms with Crippen molar-refractivity contribution in [3.05, 3.63) is 0 Å². The molecule has 0 saturated carbocycles. The third kappa shape index (κ3) is 2.40. The average molecular weight is 226 g/mol. The van der Waals surface area contributed by atoms with Gasteiger partial charge in [0.05, 0.1) is 5.41 Å². The van der Waals surface area contributed by atoms with Crippen molar-refractivity contribution in [3.8, 4) is 0 Å². The molecule has 0 radical (unpaired) electrons. The Kier molecular flexibility index (Phi) is 4.00. The van der Waals surface area contributed by atoms with Gasteiger partial charge >= 0.3 is 0 Å². The minimum Gasteiger partial charge on any atom is -0.353 e. The van der Waals surface area contributed by atoms with Crippen LogP contribution in [0.15, 0.2) is 0 Å². The van der Waals surface area contributed by atoms with Gasteiger partial charge in [-0.2, -0.15) is 0 Å². The van der Waals surface area contributed by atoms with Gasteiger partial charge in [0, 0.05) is 25.2 Å². The molecule has 1 rings (SSSR count). The second-order valence-electron chi connectivity index (χ2n) is 5.94. The van der Waals surface area contributed by atoms with E-state index in [1.807, 2.05) is 13.8 Å². The molecule has 0 atom stereocenters. The Hall–Kier alpha value is -0.570. The van der Waals surface area contributed by atoms with Gasteiger partial charge < -0.3 is 5.32 Å². The second kappa shape index (κ2) is 4.74. The summed E-state index contributed by atoms with van der Waals surface area (Å²) in [5, 5.41) is 3.06. The van der Waals surface area contributed by atoms with Crippen molar-refractivity contribution in [1.29, 1.82) is 0 Å². The van der Waals surface area contributed by atoms with E-state index in [2.05, 4.69) is 37.9 Å². The zero-order chi connectivity index (χ0) is 12.5. The molecule has 1 amide bonds. The molecule has 1 aliphatic heterocycles. The Morgan fingerprint density at radius 1 is 1.12 bits per heavy atom. The van der Waals surface area contributed by atoms with Crippen LogP contribution in [0.4, 0.5) is 0 Å². The third-order valence-corrected chi connectivity index (χ3v) is 3.68. The summed E-state index contributed by atoms with van der Waals surface area (Å²) in [4.78, 5) is 14.6. The lowest BCUT2D eigenvalue weighted by Gasteiger charge is -2.53. The van der Waals surface area contributed by atoms with Gasteiger partial charge in [0.25, 0.3) is 0 Å². The third-order valence-electron chi connectivity index (χ3n) is 3.68. The maximum Gasteiger partial charge on any atom is 0.229 e. The van der Waals surface area contributed by atoms with Gasteiger partial charge in [0.2, 0.25) is 5.91 Å².